The van der Waals surface area contributed by atoms with E-state index >= 15 is 0 Å². The van der Waals surface area contributed by atoms with E-state index in [4.69, 9.17) is 0 Å². The second-order valence-electron chi connectivity index (χ2n) is 7.09. The highest BCUT2D eigenvalue weighted by Crippen LogP contribution is 2.34. The van der Waals surface area contributed by atoms with Crippen LogP contribution in [-0.2, 0) is 0 Å². The molecule has 0 bridgehead atoms. The van der Waals surface area contributed by atoms with Crippen LogP contribution in [0.5, 0.6) is 0 Å². The summed E-state index contributed by atoms with van der Waals surface area (Å²) < 4.78 is 0. The molecule has 0 saturated carbocycles. The van der Waals surface area contributed by atoms with Crippen molar-refractivity contribution in [2.24, 2.45) is 11.8 Å². The standard InChI is InChI=1S/C18H22N6O/c1-11-4-20-16(5-19-11)18(25)24-8-14-6-23(7-15(14)9-24)17-12(2)13(3)21-10-22-17/h4-5,10,14-15H,6-9H2,1-3H3. The molecular formula is C18H22N6O. The number of nitrogens with zero attached hydrogens (tertiary/aromatic N) is 6. The number of anilines is 1. The zero-order valence-corrected chi connectivity index (χ0v) is 14.8. The summed E-state index contributed by atoms with van der Waals surface area (Å²) in [5.74, 6) is 1.99. The summed E-state index contributed by atoms with van der Waals surface area (Å²) in [7, 11) is 0. The molecule has 0 aliphatic carbocycles. The van der Waals surface area contributed by atoms with Crippen molar-refractivity contribution in [3.05, 3.63) is 41.4 Å². The minimum absolute atomic E-state index is 0.0116. The molecule has 2 saturated heterocycles. The van der Waals surface area contributed by atoms with Gasteiger partial charge in [0, 0.05) is 55.5 Å². The van der Waals surface area contributed by atoms with E-state index in [1.54, 1.807) is 18.7 Å². The number of hydrogen-bond acceptors (Lipinski definition) is 6. The van der Waals surface area contributed by atoms with E-state index in [2.05, 4.69) is 31.8 Å². The van der Waals surface area contributed by atoms with E-state index in [0.29, 0.717) is 17.5 Å². The number of hydrogen-bond donors (Lipinski definition) is 0. The molecule has 2 aromatic heterocycles. The number of aryl methyl sites for hydroxylation is 2. The molecule has 0 aromatic carbocycles. The van der Waals surface area contributed by atoms with Crippen LogP contribution >= 0.6 is 0 Å². The fraction of sp³-hybridized carbons (Fsp3) is 0.500. The zero-order valence-electron chi connectivity index (χ0n) is 14.8. The van der Waals surface area contributed by atoms with Gasteiger partial charge in [-0.3, -0.25) is 9.78 Å². The molecular weight excluding hydrogens is 316 g/mol. The van der Waals surface area contributed by atoms with E-state index in [9.17, 15) is 4.79 Å². The van der Waals surface area contributed by atoms with Crippen molar-refractivity contribution in [2.75, 3.05) is 31.1 Å². The third-order valence-electron chi connectivity index (χ3n) is 5.38. The molecule has 0 radical (unpaired) electrons. The highest BCUT2D eigenvalue weighted by atomic mass is 16.2. The van der Waals surface area contributed by atoms with Crippen molar-refractivity contribution in [3.63, 3.8) is 0 Å². The maximum Gasteiger partial charge on any atom is 0.274 e. The van der Waals surface area contributed by atoms with Gasteiger partial charge in [0.05, 0.1) is 11.9 Å². The Morgan fingerprint density at radius 3 is 2.32 bits per heavy atom. The van der Waals surface area contributed by atoms with Crippen LogP contribution in [0.4, 0.5) is 5.82 Å². The van der Waals surface area contributed by atoms with Gasteiger partial charge in [-0.2, -0.15) is 0 Å². The van der Waals surface area contributed by atoms with Crippen LogP contribution in [0.3, 0.4) is 0 Å². The Morgan fingerprint density at radius 2 is 1.68 bits per heavy atom. The van der Waals surface area contributed by atoms with Crippen molar-refractivity contribution in [2.45, 2.75) is 20.8 Å². The van der Waals surface area contributed by atoms with Gasteiger partial charge in [-0.15, -0.1) is 0 Å². The number of carbonyl (C=O) groups excluding carboxylic acids is 1. The topological polar surface area (TPSA) is 75.1 Å². The first-order chi connectivity index (χ1) is 12.0. The predicted molar refractivity (Wildman–Crippen MR) is 93.4 cm³/mol. The fourth-order valence-corrected chi connectivity index (χ4v) is 3.84. The average molecular weight is 338 g/mol. The summed E-state index contributed by atoms with van der Waals surface area (Å²) in [6.45, 7) is 9.38. The summed E-state index contributed by atoms with van der Waals surface area (Å²) in [5, 5.41) is 0. The summed E-state index contributed by atoms with van der Waals surface area (Å²) in [4.78, 5) is 34.0. The number of rotatable bonds is 2. The van der Waals surface area contributed by atoms with Gasteiger partial charge in [-0.25, -0.2) is 15.0 Å². The molecule has 130 valence electrons. The van der Waals surface area contributed by atoms with E-state index in [-0.39, 0.29) is 5.91 Å². The Hall–Kier alpha value is -2.57. The number of carbonyl (C=O) groups is 1. The Kier molecular flexibility index (Phi) is 3.86. The van der Waals surface area contributed by atoms with Crippen molar-refractivity contribution >= 4 is 11.7 Å². The average Bonchev–Trinajstić information content (AvgIpc) is 3.16. The molecule has 2 atom stereocenters. The molecule has 7 nitrogen and oxygen atoms in total. The summed E-state index contributed by atoms with van der Waals surface area (Å²) >= 11 is 0. The second kappa shape index (κ2) is 6.06. The van der Waals surface area contributed by atoms with Crippen molar-refractivity contribution < 1.29 is 4.79 Å². The van der Waals surface area contributed by atoms with Crippen LogP contribution in [0.2, 0.25) is 0 Å². The lowest BCUT2D eigenvalue weighted by molar-refractivity contribution is 0.0776. The molecule has 2 unspecified atom stereocenters. The summed E-state index contributed by atoms with van der Waals surface area (Å²) in [5.41, 5.74) is 3.42. The van der Waals surface area contributed by atoms with Gasteiger partial charge >= 0.3 is 0 Å². The maximum absolute atomic E-state index is 12.6. The van der Waals surface area contributed by atoms with Crippen LogP contribution in [0.1, 0.15) is 27.4 Å². The Morgan fingerprint density at radius 1 is 0.960 bits per heavy atom. The normalized spacial score (nSPS) is 22.4. The molecule has 2 fully saturated rings. The first-order valence-corrected chi connectivity index (χ1v) is 8.64. The van der Waals surface area contributed by atoms with Crippen molar-refractivity contribution in [3.8, 4) is 0 Å². The highest BCUT2D eigenvalue weighted by molar-refractivity contribution is 5.92. The predicted octanol–water partition coefficient (Wildman–Crippen LogP) is 1.40. The minimum Gasteiger partial charge on any atom is -0.356 e. The van der Waals surface area contributed by atoms with Crippen LogP contribution in [-0.4, -0.2) is 56.9 Å². The van der Waals surface area contributed by atoms with Crippen LogP contribution in [0, 0.1) is 32.6 Å². The molecule has 0 spiro atoms. The van der Waals surface area contributed by atoms with Gasteiger partial charge < -0.3 is 9.80 Å². The molecule has 4 heterocycles. The molecule has 7 heteroatoms. The van der Waals surface area contributed by atoms with Gasteiger partial charge in [-0.1, -0.05) is 0 Å². The SMILES string of the molecule is Cc1cnc(C(=O)N2CC3CN(c4ncnc(C)c4C)CC3C2)cn1. The summed E-state index contributed by atoms with van der Waals surface area (Å²) in [6.07, 6.45) is 4.86. The van der Waals surface area contributed by atoms with E-state index in [1.807, 2.05) is 18.7 Å². The van der Waals surface area contributed by atoms with Gasteiger partial charge in [0.2, 0.25) is 0 Å². The van der Waals surface area contributed by atoms with Crippen LogP contribution in [0.25, 0.3) is 0 Å². The highest BCUT2D eigenvalue weighted by Gasteiger charge is 2.42. The van der Waals surface area contributed by atoms with Crippen LogP contribution in [0.15, 0.2) is 18.7 Å². The van der Waals surface area contributed by atoms with Crippen molar-refractivity contribution in [1.82, 2.24) is 24.8 Å². The Bertz CT molecular complexity index is 792. The first-order valence-electron chi connectivity index (χ1n) is 8.64. The number of amides is 1. The largest absolute Gasteiger partial charge is 0.356 e. The van der Waals surface area contributed by atoms with E-state index < -0.39 is 0 Å². The van der Waals surface area contributed by atoms with E-state index in [0.717, 1.165) is 48.9 Å². The molecule has 25 heavy (non-hydrogen) atoms. The first kappa shape index (κ1) is 15.9. The van der Waals surface area contributed by atoms with Gasteiger partial charge in [0.1, 0.15) is 17.8 Å². The molecule has 2 aromatic rings. The lowest BCUT2D eigenvalue weighted by atomic mass is 10.0. The smallest absolute Gasteiger partial charge is 0.274 e. The molecule has 1 amide bonds. The third kappa shape index (κ3) is 2.83. The zero-order chi connectivity index (χ0) is 17.6. The number of fused-ring (bicyclic) bond motifs is 1. The maximum atomic E-state index is 12.6. The van der Waals surface area contributed by atoms with Gasteiger partial charge in [0.15, 0.2) is 0 Å². The fourth-order valence-electron chi connectivity index (χ4n) is 3.84. The summed E-state index contributed by atoms with van der Waals surface area (Å²) in [6, 6.07) is 0. The number of likely N-dealkylation sites (tertiary alicyclic amines) is 1. The molecule has 4 rings (SSSR count). The van der Waals surface area contributed by atoms with Gasteiger partial charge in [0.25, 0.3) is 5.91 Å². The second-order valence-corrected chi connectivity index (χ2v) is 7.09. The number of aromatic nitrogens is 4. The lowest BCUT2D eigenvalue weighted by Gasteiger charge is -2.23. The molecule has 0 N–H and O–H groups in total. The van der Waals surface area contributed by atoms with Crippen molar-refractivity contribution in [1.29, 1.82) is 0 Å². The lowest BCUT2D eigenvalue weighted by Crippen LogP contribution is -2.34. The molecule has 2 aliphatic rings. The third-order valence-corrected chi connectivity index (χ3v) is 5.38. The monoisotopic (exact) mass is 338 g/mol. The van der Waals surface area contributed by atoms with E-state index in [1.165, 1.54) is 0 Å². The Labute approximate surface area is 147 Å². The quantitative estimate of drug-likeness (QED) is 0.824. The minimum atomic E-state index is -0.0116. The Balaban J connectivity index is 1.44. The van der Waals surface area contributed by atoms with Crippen LogP contribution < -0.4 is 4.90 Å². The molecule has 2 aliphatic heterocycles. The van der Waals surface area contributed by atoms with Gasteiger partial charge in [-0.05, 0) is 20.8 Å².